The second-order valence-electron chi connectivity index (χ2n) is 5.17. The third-order valence-electron chi connectivity index (χ3n) is 3.65. The Morgan fingerprint density at radius 2 is 2.25 bits per heavy atom. The fraction of sp³-hybridized carbons (Fsp3) is 1.00. The third-order valence-corrected chi connectivity index (χ3v) is 3.65. The summed E-state index contributed by atoms with van der Waals surface area (Å²) in [6.45, 7) is 11.1. The minimum atomic E-state index is 0.522. The lowest BCUT2D eigenvalue weighted by atomic mass is 9.94. The van der Waals surface area contributed by atoms with Crippen LogP contribution in [0.2, 0.25) is 0 Å². The molecular formula is C13H28N2O. The number of hydrogen-bond acceptors (Lipinski definition) is 3. The van der Waals surface area contributed by atoms with Crippen molar-refractivity contribution in [3.05, 3.63) is 0 Å². The summed E-state index contributed by atoms with van der Waals surface area (Å²) in [6, 6.07) is 1.19. The molecule has 1 rings (SSSR count). The molecule has 16 heavy (non-hydrogen) atoms. The molecule has 0 aromatic rings. The molecule has 3 nitrogen and oxygen atoms in total. The number of likely N-dealkylation sites (N-methyl/N-ethyl adjacent to an activating group) is 1. The van der Waals surface area contributed by atoms with Crippen LogP contribution in [-0.4, -0.2) is 50.3 Å². The van der Waals surface area contributed by atoms with Crippen LogP contribution >= 0.6 is 0 Å². The van der Waals surface area contributed by atoms with E-state index >= 15 is 0 Å². The lowest BCUT2D eigenvalue weighted by Gasteiger charge is -2.35. The van der Waals surface area contributed by atoms with Gasteiger partial charge < -0.3 is 10.1 Å². The second kappa shape index (κ2) is 7.25. The zero-order valence-electron chi connectivity index (χ0n) is 11.3. The molecule has 0 spiro atoms. The van der Waals surface area contributed by atoms with Gasteiger partial charge >= 0.3 is 0 Å². The van der Waals surface area contributed by atoms with Crippen molar-refractivity contribution in [1.29, 1.82) is 0 Å². The lowest BCUT2D eigenvalue weighted by Crippen LogP contribution is -2.48. The highest BCUT2D eigenvalue weighted by atomic mass is 16.5. The van der Waals surface area contributed by atoms with E-state index in [1.807, 2.05) is 0 Å². The molecule has 0 aromatic heterocycles. The number of rotatable bonds is 6. The molecule has 0 aromatic carbocycles. The fourth-order valence-corrected chi connectivity index (χ4v) is 2.61. The largest absolute Gasteiger partial charge is 0.383 e. The number of methoxy groups -OCH3 is 1. The molecule has 3 heteroatoms. The Morgan fingerprint density at radius 3 is 2.81 bits per heavy atom. The molecule has 96 valence electrons. The van der Waals surface area contributed by atoms with Crippen molar-refractivity contribution in [3.63, 3.8) is 0 Å². The second-order valence-corrected chi connectivity index (χ2v) is 5.17. The summed E-state index contributed by atoms with van der Waals surface area (Å²) < 4.78 is 5.23. The first kappa shape index (κ1) is 13.9. The first-order valence-corrected chi connectivity index (χ1v) is 6.63. The van der Waals surface area contributed by atoms with Gasteiger partial charge in [-0.25, -0.2) is 0 Å². The van der Waals surface area contributed by atoms with Crippen LogP contribution in [0.3, 0.4) is 0 Å². The molecule has 0 aliphatic carbocycles. The molecule has 1 N–H and O–H groups in total. The highest BCUT2D eigenvalue weighted by Crippen LogP contribution is 2.16. The minimum Gasteiger partial charge on any atom is -0.383 e. The van der Waals surface area contributed by atoms with Crippen LogP contribution in [0, 0.1) is 5.92 Å². The highest BCUT2D eigenvalue weighted by Gasteiger charge is 2.22. The first-order chi connectivity index (χ1) is 7.67. The van der Waals surface area contributed by atoms with Gasteiger partial charge in [0.25, 0.3) is 0 Å². The van der Waals surface area contributed by atoms with E-state index in [1.54, 1.807) is 7.11 Å². The topological polar surface area (TPSA) is 24.5 Å². The summed E-state index contributed by atoms with van der Waals surface area (Å²) in [5.41, 5.74) is 0. The van der Waals surface area contributed by atoms with Gasteiger partial charge in [-0.2, -0.15) is 0 Å². The molecule has 1 heterocycles. The van der Waals surface area contributed by atoms with Crippen LogP contribution in [0.15, 0.2) is 0 Å². The number of hydrogen-bond donors (Lipinski definition) is 1. The Balaban J connectivity index is 2.36. The van der Waals surface area contributed by atoms with Gasteiger partial charge in [-0.1, -0.05) is 13.8 Å². The van der Waals surface area contributed by atoms with Crippen molar-refractivity contribution in [2.24, 2.45) is 5.92 Å². The van der Waals surface area contributed by atoms with Crippen molar-refractivity contribution in [1.82, 2.24) is 10.2 Å². The molecule has 0 bridgehead atoms. The Kier molecular flexibility index (Phi) is 6.32. The van der Waals surface area contributed by atoms with E-state index in [0.29, 0.717) is 12.1 Å². The van der Waals surface area contributed by atoms with Crippen LogP contribution in [0.1, 0.15) is 33.6 Å². The van der Waals surface area contributed by atoms with Gasteiger partial charge in [0.15, 0.2) is 0 Å². The van der Waals surface area contributed by atoms with Gasteiger partial charge in [0.2, 0.25) is 0 Å². The number of nitrogens with one attached hydrogen (secondary N) is 1. The number of nitrogens with zero attached hydrogens (tertiary/aromatic N) is 1. The molecule has 1 aliphatic rings. The van der Waals surface area contributed by atoms with Gasteiger partial charge in [0.05, 0.1) is 6.61 Å². The summed E-state index contributed by atoms with van der Waals surface area (Å²) in [4.78, 5) is 2.51. The third kappa shape index (κ3) is 4.40. The number of piperidine rings is 1. The van der Waals surface area contributed by atoms with Crippen LogP contribution in [0.25, 0.3) is 0 Å². The van der Waals surface area contributed by atoms with Crippen LogP contribution in [0.5, 0.6) is 0 Å². The maximum atomic E-state index is 5.23. The van der Waals surface area contributed by atoms with E-state index in [-0.39, 0.29) is 0 Å². The molecule has 1 aliphatic heterocycles. The average molecular weight is 228 g/mol. The van der Waals surface area contributed by atoms with Crippen LogP contribution < -0.4 is 5.32 Å². The Labute approximate surface area is 101 Å². The smallest absolute Gasteiger partial charge is 0.0615 e. The predicted octanol–water partition coefficient (Wildman–Crippen LogP) is 1.73. The molecule has 3 unspecified atom stereocenters. The van der Waals surface area contributed by atoms with Crippen LogP contribution in [-0.2, 0) is 4.74 Å². The lowest BCUT2D eigenvalue weighted by molar-refractivity contribution is 0.0903. The molecule has 0 saturated carbocycles. The van der Waals surface area contributed by atoms with E-state index in [0.717, 1.165) is 25.6 Å². The SMILES string of the molecule is CCN(CC1CC(C)CCN1)C(C)COC. The monoisotopic (exact) mass is 228 g/mol. The number of ether oxygens (including phenoxy) is 1. The normalized spacial score (nSPS) is 28.3. The average Bonchev–Trinajstić information content (AvgIpc) is 2.26. The van der Waals surface area contributed by atoms with E-state index in [1.165, 1.54) is 19.4 Å². The summed E-state index contributed by atoms with van der Waals surface area (Å²) in [6.07, 6.45) is 2.65. The molecule has 3 atom stereocenters. The molecule has 1 saturated heterocycles. The van der Waals surface area contributed by atoms with Gasteiger partial charge in [-0.3, -0.25) is 4.90 Å². The molecular weight excluding hydrogens is 200 g/mol. The fourth-order valence-electron chi connectivity index (χ4n) is 2.61. The van der Waals surface area contributed by atoms with Crippen molar-refractivity contribution < 1.29 is 4.74 Å². The summed E-state index contributed by atoms with van der Waals surface area (Å²) in [5, 5.41) is 3.63. The van der Waals surface area contributed by atoms with Crippen LogP contribution in [0.4, 0.5) is 0 Å². The standard InChI is InChI=1S/C13H28N2O/c1-5-15(12(3)10-16-4)9-13-8-11(2)6-7-14-13/h11-14H,5-10H2,1-4H3. The summed E-state index contributed by atoms with van der Waals surface area (Å²) >= 11 is 0. The quantitative estimate of drug-likeness (QED) is 0.749. The first-order valence-electron chi connectivity index (χ1n) is 6.63. The predicted molar refractivity (Wildman–Crippen MR) is 68.8 cm³/mol. The van der Waals surface area contributed by atoms with E-state index < -0.39 is 0 Å². The van der Waals surface area contributed by atoms with Crippen molar-refractivity contribution in [3.8, 4) is 0 Å². The molecule has 1 fully saturated rings. The Hall–Kier alpha value is -0.120. The van der Waals surface area contributed by atoms with Crippen molar-refractivity contribution in [2.75, 3.05) is 33.4 Å². The molecule has 0 amide bonds. The Morgan fingerprint density at radius 1 is 1.50 bits per heavy atom. The van der Waals surface area contributed by atoms with E-state index in [4.69, 9.17) is 4.74 Å². The van der Waals surface area contributed by atoms with Gasteiger partial charge in [-0.15, -0.1) is 0 Å². The zero-order chi connectivity index (χ0) is 12.0. The van der Waals surface area contributed by atoms with Crippen molar-refractivity contribution >= 4 is 0 Å². The van der Waals surface area contributed by atoms with E-state index in [9.17, 15) is 0 Å². The van der Waals surface area contributed by atoms with Gasteiger partial charge in [0, 0.05) is 25.7 Å². The maximum absolute atomic E-state index is 5.23. The highest BCUT2D eigenvalue weighted by molar-refractivity contribution is 4.80. The van der Waals surface area contributed by atoms with Gasteiger partial charge in [-0.05, 0) is 38.8 Å². The minimum absolute atomic E-state index is 0.522. The van der Waals surface area contributed by atoms with Gasteiger partial charge in [0.1, 0.15) is 0 Å². The molecule has 0 radical (unpaired) electrons. The Bertz CT molecular complexity index is 187. The maximum Gasteiger partial charge on any atom is 0.0615 e. The summed E-state index contributed by atoms with van der Waals surface area (Å²) in [7, 11) is 1.78. The zero-order valence-corrected chi connectivity index (χ0v) is 11.3. The van der Waals surface area contributed by atoms with Crippen molar-refractivity contribution in [2.45, 2.75) is 45.7 Å². The summed E-state index contributed by atoms with van der Waals surface area (Å²) in [5.74, 6) is 0.877. The van der Waals surface area contributed by atoms with E-state index in [2.05, 4.69) is 31.0 Å².